The van der Waals surface area contributed by atoms with Crippen LogP contribution in [0.2, 0.25) is 0 Å². The zero-order valence-corrected chi connectivity index (χ0v) is 12.7. The second-order valence-electron chi connectivity index (χ2n) is 5.94. The number of aryl methyl sites for hydroxylation is 1. The molecule has 1 amide bonds. The number of nitrogens with zero attached hydrogens (tertiary/aromatic N) is 4. The Bertz CT molecular complexity index is 649. The van der Waals surface area contributed by atoms with E-state index in [1.165, 1.54) is 6.42 Å². The summed E-state index contributed by atoms with van der Waals surface area (Å²) in [5.74, 6) is 0.840. The minimum absolute atomic E-state index is 0.122. The van der Waals surface area contributed by atoms with Crippen LogP contribution in [-0.2, 0) is 6.54 Å². The highest BCUT2D eigenvalue weighted by molar-refractivity contribution is 5.97. The second kappa shape index (κ2) is 5.84. The van der Waals surface area contributed by atoms with E-state index in [0.717, 1.165) is 55.0 Å². The van der Waals surface area contributed by atoms with Crippen LogP contribution in [0.25, 0.3) is 11.0 Å². The molecule has 2 heterocycles. The number of hydrogen-bond donors (Lipinski definition) is 0. The van der Waals surface area contributed by atoms with Crippen molar-refractivity contribution in [3.8, 4) is 0 Å². The number of carbonyl (C=O) groups is 1. The first-order valence-corrected chi connectivity index (χ1v) is 7.81. The summed E-state index contributed by atoms with van der Waals surface area (Å²) in [6.07, 6.45) is 3.41. The molecule has 1 aliphatic rings. The van der Waals surface area contributed by atoms with Crippen molar-refractivity contribution in [3.05, 3.63) is 23.8 Å². The summed E-state index contributed by atoms with van der Waals surface area (Å²) < 4.78 is 1.84. The smallest absolute Gasteiger partial charge is 0.253 e. The number of carbonyl (C=O) groups excluding carboxylic acids is 1. The molecule has 0 radical (unpaired) electrons. The number of fused-ring (bicyclic) bond motifs is 1. The molecule has 0 bridgehead atoms. The van der Waals surface area contributed by atoms with Crippen molar-refractivity contribution >= 4 is 16.9 Å². The first-order chi connectivity index (χ1) is 10.2. The summed E-state index contributed by atoms with van der Waals surface area (Å²) in [7, 11) is 0. The third-order valence-electron chi connectivity index (χ3n) is 4.36. The molecule has 2 aromatic rings. The summed E-state index contributed by atoms with van der Waals surface area (Å²) in [6.45, 7) is 6.81. The molecule has 1 atom stereocenters. The molecule has 1 aromatic heterocycles. The highest BCUT2D eigenvalue weighted by atomic mass is 16.2. The Balaban J connectivity index is 1.84. The number of hydrogen-bond acceptors (Lipinski definition) is 3. The van der Waals surface area contributed by atoms with E-state index in [9.17, 15) is 4.79 Å². The van der Waals surface area contributed by atoms with Gasteiger partial charge in [0, 0.05) is 25.2 Å². The molecule has 0 saturated carbocycles. The van der Waals surface area contributed by atoms with Crippen molar-refractivity contribution in [1.29, 1.82) is 0 Å². The predicted octanol–water partition coefficient (Wildman–Crippen LogP) is 2.71. The summed E-state index contributed by atoms with van der Waals surface area (Å²) in [4.78, 5) is 14.6. The lowest BCUT2D eigenvalue weighted by Gasteiger charge is -2.20. The molecule has 0 spiro atoms. The molecule has 21 heavy (non-hydrogen) atoms. The second-order valence-corrected chi connectivity index (χ2v) is 5.94. The summed E-state index contributed by atoms with van der Waals surface area (Å²) in [5, 5.41) is 8.24. The van der Waals surface area contributed by atoms with Gasteiger partial charge in [-0.1, -0.05) is 12.1 Å². The Kier molecular flexibility index (Phi) is 3.90. The predicted molar refractivity (Wildman–Crippen MR) is 82.1 cm³/mol. The van der Waals surface area contributed by atoms with Crippen LogP contribution in [0.5, 0.6) is 0 Å². The first-order valence-electron chi connectivity index (χ1n) is 7.81. The summed E-state index contributed by atoms with van der Waals surface area (Å²) in [5.41, 5.74) is 2.50. The van der Waals surface area contributed by atoms with E-state index in [0.29, 0.717) is 0 Å². The van der Waals surface area contributed by atoms with Gasteiger partial charge in [0.2, 0.25) is 0 Å². The topological polar surface area (TPSA) is 51.0 Å². The minimum Gasteiger partial charge on any atom is -0.339 e. The quantitative estimate of drug-likeness (QED) is 0.853. The number of amides is 1. The maximum absolute atomic E-state index is 12.7. The monoisotopic (exact) mass is 286 g/mol. The van der Waals surface area contributed by atoms with E-state index >= 15 is 0 Å². The van der Waals surface area contributed by atoms with Crippen molar-refractivity contribution in [2.75, 3.05) is 13.1 Å². The van der Waals surface area contributed by atoms with Crippen molar-refractivity contribution < 1.29 is 4.79 Å². The van der Waals surface area contributed by atoms with Crippen LogP contribution in [0.4, 0.5) is 0 Å². The van der Waals surface area contributed by atoms with E-state index in [2.05, 4.69) is 17.2 Å². The average Bonchev–Trinajstić information content (AvgIpc) is 2.79. The van der Waals surface area contributed by atoms with Gasteiger partial charge in [-0.2, -0.15) is 0 Å². The SMILES string of the molecule is CCn1nnc2cc(C(=O)N3CCCC(C)CC3)ccc21. The van der Waals surface area contributed by atoms with Crippen LogP contribution < -0.4 is 0 Å². The van der Waals surface area contributed by atoms with Crippen LogP contribution in [0.3, 0.4) is 0 Å². The Hall–Kier alpha value is -1.91. The Morgan fingerprint density at radius 1 is 1.33 bits per heavy atom. The molecule has 0 N–H and O–H groups in total. The third-order valence-corrected chi connectivity index (χ3v) is 4.36. The molecule has 1 aliphatic heterocycles. The zero-order valence-electron chi connectivity index (χ0n) is 12.7. The lowest BCUT2D eigenvalue weighted by molar-refractivity contribution is 0.0760. The molecule has 1 saturated heterocycles. The maximum atomic E-state index is 12.7. The van der Waals surface area contributed by atoms with Gasteiger partial charge in [0.05, 0.1) is 5.52 Å². The van der Waals surface area contributed by atoms with Crippen LogP contribution in [0.15, 0.2) is 18.2 Å². The van der Waals surface area contributed by atoms with Crippen molar-refractivity contribution in [1.82, 2.24) is 19.9 Å². The molecule has 0 aliphatic carbocycles. The number of rotatable bonds is 2. The molecule has 1 aromatic carbocycles. The molecular weight excluding hydrogens is 264 g/mol. The van der Waals surface area contributed by atoms with E-state index in [1.807, 2.05) is 34.7 Å². The van der Waals surface area contributed by atoms with E-state index in [-0.39, 0.29) is 5.91 Å². The highest BCUT2D eigenvalue weighted by Crippen LogP contribution is 2.20. The van der Waals surface area contributed by atoms with Gasteiger partial charge in [0.25, 0.3) is 5.91 Å². The van der Waals surface area contributed by atoms with E-state index in [4.69, 9.17) is 0 Å². The van der Waals surface area contributed by atoms with E-state index < -0.39 is 0 Å². The lowest BCUT2D eigenvalue weighted by atomic mass is 10.0. The Morgan fingerprint density at radius 2 is 2.19 bits per heavy atom. The molecular formula is C16H22N4O. The summed E-state index contributed by atoms with van der Waals surface area (Å²) >= 11 is 0. The summed E-state index contributed by atoms with van der Waals surface area (Å²) in [6, 6.07) is 5.71. The fourth-order valence-corrected chi connectivity index (χ4v) is 2.99. The fraction of sp³-hybridized carbons (Fsp3) is 0.562. The molecule has 1 unspecified atom stereocenters. The molecule has 112 valence electrons. The molecule has 5 heteroatoms. The largest absolute Gasteiger partial charge is 0.339 e. The van der Waals surface area contributed by atoms with Crippen LogP contribution in [-0.4, -0.2) is 38.9 Å². The number of likely N-dealkylation sites (tertiary alicyclic amines) is 1. The number of benzene rings is 1. The van der Waals surface area contributed by atoms with Crippen LogP contribution in [0, 0.1) is 5.92 Å². The normalized spacial score (nSPS) is 19.7. The molecule has 1 fully saturated rings. The maximum Gasteiger partial charge on any atom is 0.253 e. The fourth-order valence-electron chi connectivity index (χ4n) is 2.99. The average molecular weight is 286 g/mol. The van der Waals surface area contributed by atoms with Gasteiger partial charge < -0.3 is 4.90 Å². The Morgan fingerprint density at radius 3 is 3.00 bits per heavy atom. The lowest BCUT2D eigenvalue weighted by Crippen LogP contribution is -2.31. The highest BCUT2D eigenvalue weighted by Gasteiger charge is 2.20. The standard InChI is InChI=1S/C16H22N4O/c1-3-20-15-7-6-13(11-14(15)17-18-20)16(21)19-9-4-5-12(2)8-10-19/h6-7,11-12H,3-5,8-10H2,1-2H3. The third kappa shape index (κ3) is 2.77. The van der Waals surface area contributed by atoms with Gasteiger partial charge in [-0.15, -0.1) is 5.10 Å². The van der Waals surface area contributed by atoms with Gasteiger partial charge in [0.15, 0.2) is 0 Å². The number of aromatic nitrogens is 3. The van der Waals surface area contributed by atoms with Gasteiger partial charge in [-0.3, -0.25) is 4.79 Å². The zero-order chi connectivity index (χ0) is 14.8. The van der Waals surface area contributed by atoms with Crippen molar-refractivity contribution in [2.24, 2.45) is 5.92 Å². The van der Waals surface area contributed by atoms with Crippen LogP contribution in [0.1, 0.15) is 43.5 Å². The Labute approximate surface area is 124 Å². The molecule has 5 nitrogen and oxygen atoms in total. The van der Waals surface area contributed by atoms with E-state index in [1.54, 1.807) is 0 Å². The molecule has 3 rings (SSSR count). The minimum atomic E-state index is 0.122. The van der Waals surface area contributed by atoms with Crippen molar-refractivity contribution in [3.63, 3.8) is 0 Å². The van der Waals surface area contributed by atoms with Gasteiger partial charge in [-0.05, 0) is 50.3 Å². The van der Waals surface area contributed by atoms with Crippen LogP contribution >= 0.6 is 0 Å². The van der Waals surface area contributed by atoms with Gasteiger partial charge in [-0.25, -0.2) is 4.68 Å². The van der Waals surface area contributed by atoms with Crippen molar-refractivity contribution in [2.45, 2.75) is 39.7 Å². The van der Waals surface area contributed by atoms with Gasteiger partial charge >= 0.3 is 0 Å². The van der Waals surface area contributed by atoms with Gasteiger partial charge in [0.1, 0.15) is 5.52 Å². The first kappa shape index (κ1) is 14.0.